The summed E-state index contributed by atoms with van der Waals surface area (Å²) in [6.45, 7) is 0. The highest BCUT2D eigenvalue weighted by atomic mass is 16.4. The van der Waals surface area contributed by atoms with Crippen LogP contribution >= 0.6 is 0 Å². The molecule has 0 saturated heterocycles. The molecule has 1 heterocycles. The molecule has 3 amide bonds. The number of carboxylic acid groups (broad SMARTS) is 1. The molecule has 0 atom stereocenters. The Bertz CT molecular complexity index is 440. The van der Waals surface area contributed by atoms with Crippen LogP contribution in [0.3, 0.4) is 0 Å². The van der Waals surface area contributed by atoms with Crippen molar-refractivity contribution in [2.24, 2.45) is 7.05 Å². The van der Waals surface area contributed by atoms with Gasteiger partial charge in [0.15, 0.2) is 0 Å². The standard InChI is InChI=1S/C9H12N4O4/c1-13-6(4-5-10-13)11-9(17)12-7(14)2-3-8(15)16/h4-5H,2-3H2,1H3,(H,15,16)(H2,11,12,14,17). The SMILES string of the molecule is Cn1nccc1NC(=O)NC(=O)CCC(=O)O. The molecule has 0 unspecified atom stereocenters. The van der Waals surface area contributed by atoms with Crippen molar-refractivity contribution in [1.82, 2.24) is 15.1 Å². The Hall–Kier alpha value is -2.38. The van der Waals surface area contributed by atoms with Crippen LogP contribution in [0.5, 0.6) is 0 Å². The molecule has 8 heteroatoms. The van der Waals surface area contributed by atoms with Gasteiger partial charge in [0.25, 0.3) is 0 Å². The molecule has 8 nitrogen and oxygen atoms in total. The highest BCUT2D eigenvalue weighted by Gasteiger charge is 2.10. The van der Waals surface area contributed by atoms with Crippen LogP contribution in [0.1, 0.15) is 12.8 Å². The van der Waals surface area contributed by atoms with Crippen molar-refractivity contribution >= 4 is 23.7 Å². The fourth-order valence-corrected chi connectivity index (χ4v) is 1.05. The van der Waals surface area contributed by atoms with Crippen LogP contribution in [0.2, 0.25) is 0 Å². The number of carbonyl (C=O) groups excluding carboxylic acids is 2. The van der Waals surface area contributed by atoms with Crippen LogP contribution in [0.4, 0.5) is 10.6 Å². The van der Waals surface area contributed by atoms with Crippen LogP contribution in [0, 0.1) is 0 Å². The summed E-state index contributed by atoms with van der Waals surface area (Å²) in [5, 5.41) is 16.6. The van der Waals surface area contributed by atoms with Gasteiger partial charge in [-0.15, -0.1) is 0 Å². The Morgan fingerprint density at radius 2 is 2.12 bits per heavy atom. The van der Waals surface area contributed by atoms with Crippen molar-refractivity contribution in [3.63, 3.8) is 0 Å². The number of nitrogens with one attached hydrogen (secondary N) is 2. The molecule has 0 aliphatic carbocycles. The zero-order chi connectivity index (χ0) is 12.8. The van der Waals surface area contributed by atoms with Crippen LogP contribution in [0.15, 0.2) is 12.3 Å². The van der Waals surface area contributed by atoms with Gasteiger partial charge in [-0.2, -0.15) is 5.10 Å². The maximum absolute atomic E-state index is 11.3. The van der Waals surface area contributed by atoms with Crippen LogP contribution in [-0.4, -0.2) is 32.8 Å². The largest absolute Gasteiger partial charge is 0.481 e. The summed E-state index contributed by atoms with van der Waals surface area (Å²) in [5.74, 6) is -1.31. The Morgan fingerprint density at radius 1 is 1.41 bits per heavy atom. The molecule has 92 valence electrons. The van der Waals surface area contributed by atoms with Gasteiger partial charge < -0.3 is 5.11 Å². The number of imide groups is 1. The van der Waals surface area contributed by atoms with Gasteiger partial charge in [0, 0.05) is 19.5 Å². The van der Waals surface area contributed by atoms with E-state index in [2.05, 4.69) is 10.4 Å². The summed E-state index contributed by atoms with van der Waals surface area (Å²) in [7, 11) is 1.63. The van der Waals surface area contributed by atoms with Crippen molar-refractivity contribution in [1.29, 1.82) is 0 Å². The Kier molecular flexibility index (Phi) is 4.21. The third-order valence-corrected chi connectivity index (χ3v) is 1.88. The molecule has 0 spiro atoms. The first-order valence-corrected chi connectivity index (χ1v) is 4.79. The number of hydrogen-bond acceptors (Lipinski definition) is 4. The number of rotatable bonds is 4. The van der Waals surface area contributed by atoms with Crippen LogP contribution in [0.25, 0.3) is 0 Å². The minimum atomic E-state index is -1.09. The lowest BCUT2D eigenvalue weighted by Crippen LogP contribution is -2.35. The summed E-state index contributed by atoms with van der Waals surface area (Å²) in [4.78, 5) is 32.6. The van der Waals surface area contributed by atoms with Crippen LogP contribution < -0.4 is 10.6 Å². The molecule has 0 bridgehead atoms. The predicted molar refractivity (Wildman–Crippen MR) is 57.2 cm³/mol. The average Bonchev–Trinajstić information content (AvgIpc) is 2.61. The Labute approximate surface area is 96.6 Å². The van der Waals surface area contributed by atoms with E-state index in [4.69, 9.17) is 5.11 Å². The fraction of sp³-hybridized carbons (Fsp3) is 0.333. The molecule has 17 heavy (non-hydrogen) atoms. The van der Waals surface area contributed by atoms with E-state index in [0.29, 0.717) is 5.82 Å². The molecule has 0 aliphatic heterocycles. The lowest BCUT2D eigenvalue weighted by Gasteiger charge is -2.05. The average molecular weight is 240 g/mol. The quantitative estimate of drug-likeness (QED) is 0.681. The number of aromatic nitrogens is 2. The van der Waals surface area contributed by atoms with Gasteiger partial charge in [-0.05, 0) is 0 Å². The summed E-state index contributed by atoms with van der Waals surface area (Å²) in [5.41, 5.74) is 0. The van der Waals surface area contributed by atoms with E-state index in [1.807, 2.05) is 5.32 Å². The molecular weight excluding hydrogens is 228 g/mol. The third-order valence-electron chi connectivity index (χ3n) is 1.88. The first-order valence-electron chi connectivity index (χ1n) is 4.79. The number of aliphatic carboxylic acids is 1. The molecule has 0 radical (unpaired) electrons. The van der Waals surface area contributed by atoms with E-state index < -0.39 is 17.9 Å². The number of aryl methyl sites for hydroxylation is 1. The molecule has 1 aromatic rings. The number of carboxylic acids is 1. The third kappa shape index (κ3) is 4.33. The summed E-state index contributed by atoms with van der Waals surface area (Å²) < 4.78 is 1.42. The zero-order valence-corrected chi connectivity index (χ0v) is 9.14. The summed E-state index contributed by atoms with van der Waals surface area (Å²) in [6.07, 6.45) is 0.931. The first-order chi connectivity index (χ1) is 7.99. The van der Waals surface area contributed by atoms with E-state index in [-0.39, 0.29) is 12.8 Å². The van der Waals surface area contributed by atoms with E-state index in [1.165, 1.54) is 10.9 Å². The van der Waals surface area contributed by atoms with E-state index in [9.17, 15) is 14.4 Å². The molecule has 0 aromatic carbocycles. The molecular formula is C9H12N4O4. The van der Waals surface area contributed by atoms with E-state index in [0.717, 1.165) is 0 Å². The fourth-order valence-electron chi connectivity index (χ4n) is 1.05. The summed E-state index contributed by atoms with van der Waals surface area (Å²) >= 11 is 0. The van der Waals surface area contributed by atoms with Gasteiger partial charge in [-0.3, -0.25) is 24.9 Å². The second-order valence-corrected chi connectivity index (χ2v) is 3.24. The number of amides is 3. The zero-order valence-electron chi connectivity index (χ0n) is 9.14. The number of anilines is 1. The molecule has 0 saturated carbocycles. The van der Waals surface area contributed by atoms with Crippen LogP contribution in [-0.2, 0) is 16.6 Å². The lowest BCUT2D eigenvalue weighted by atomic mass is 10.3. The number of carbonyl (C=O) groups is 3. The first kappa shape index (κ1) is 12.7. The Balaban J connectivity index is 2.37. The number of urea groups is 1. The van der Waals surface area contributed by atoms with Gasteiger partial charge in [0.1, 0.15) is 5.82 Å². The number of nitrogens with zero attached hydrogens (tertiary/aromatic N) is 2. The van der Waals surface area contributed by atoms with Crippen molar-refractivity contribution in [3.05, 3.63) is 12.3 Å². The topological polar surface area (TPSA) is 113 Å². The Morgan fingerprint density at radius 3 is 2.65 bits per heavy atom. The maximum Gasteiger partial charge on any atom is 0.327 e. The maximum atomic E-state index is 11.3. The van der Waals surface area contributed by atoms with Gasteiger partial charge in [-0.1, -0.05) is 0 Å². The van der Waals surface area contributed by atoms with E-state index in [1.54, 1.807) is 13.1 Å². The lowest BCUT2D eigenvalue weighted by molar-refractivity contribution is -0.138. The van der Waals surface area contributed by atoms with Gasteiger partial charge in [0.2, 0.25) is 5.91 Å². The molecule has 0 aliphatic rings. The minimum Gasteiger partial charge on any atom is -0.481 e. The van der Waals surface area contributed by atoms with Crippen molar-refractivity contribution in [2.75, 3.05) is 5.32 Å². The second kappa shape index (κ2) is 5.64. The van der Waals surface area contributed by atoms with Gasteiger partial charge in [0.05, 0.1) is 12.6 Å². The predicted octanol–water partition coefficient (Wildman–Crippen LogP) is -0.0670. The smallest absolute Gasteiger partial charge is 0.327 e. The minimum absolute atomic E-state index is 0.242. The molecule has 0 fully saturated rings. The normalized spacial score (nSPS) is 9.71. The van der Waals surface area contributed by atoms with Crippen molar-refractivity contribution in [3.8, 4) is 0 Å². The monoisotopic (exact) mass is 240 g/mol. The highest BCUT2D eigenvalue weighted by Crippen LogP contribution is 2.02. The van der Waals surface area contributed by atoms with Crippen molar-refractivity contribution in [2.45, 2.75) is 12.8 Å². The second-order valence-electron chi connectivity index (χ2n) is 3.24. The molecule has 1 rings (SSSR count). The molecule has 3 N–H and O–H groups in total. The molecule has 1 aromatic heterocycles. The number of hydrogen-bond donors (Lipinski definition) is 3. The van der Waals surface area contributed by atoms with Crippen molar-refractivity contribution < 1.29 is 19.5 Å². The highest BCUT2D eigenvalue weighted by molar-refractivity contribution is 6.01. The van der Waals surface area contributed by atoms with Gasteiger partial charge in [-0.25, -0.2) is 4.79 Å². The van der Waals surface area contributed by atoms with E-state index >= 15 is 0 Å². The van der Waals surface area contributed by atoms with Gasteiger partial charge >= 0.3 is 12.0 Å². The summed E-state index contributed by atoms with van der Waals surface area (Å²) in [6, 6.07) is 0.838.